The molecule has 0 atom stereocenters. The zero-order valence-corrected chi connectivity index (χ0v) is 13.0. The van der Waals surface area contributed by atoms with Gasteiger partial charge in [0.2, 0.25) is 0 Å². The normalized spacial score (nSPS) is 22.0. The lowest BCUT2D eigenvalue weighted by atomic mass is 9.76. The second-order valence-corrected chi connectivity index (χ2v) is 8.21. The summed E-state index contributed by atoms with van der Waals surface area (Å²) >= 11 is 0. The van der Waals surface area contributed by atoms with Crippen LogP contribution in [-0.4, -0.2) is 42.3 Å². The van der Waals surface area contributed by atoms with Gasteiger partial charge in [-0.1, -0.05) is 0 Å². The molecule has 2 aliphatic rings. The summed E-state index contributed by atoms with van der Waals surface area (Å²) in [4.78, 5) is 13.9. The standard InChI is InChI=1S/C13H22FNO4S/c1-12(2,3)19-11(16)15(10-5-6-10)13(7-4-8-13)9-20(14,17)18/h10H,4-9H2,1-3H3. The van der Waals surface area contributed by atoms with Gasteiger partial charge in [-0.25, -0.2) is 4.79 Å². The van der Waals surface area contributed by atoms with Crippen molar-refractivity contribution in [3.63, 3.8) is 0 Å². The Balaban J connectivity index is 2.21. The van der Waals surface area contributed by atoms with E-state index in [2.05, 4.69) is 0 Å². The lowest BCUT2D eigenvalue weighted by molar-refractivity contribution is -0.0226. The van der Waals surface area contributed by atoms with E-state index in [0.717, 1.165) is 19.3 Å². The van der Waals surface area contributed by atoms with Gasteiger partial charge >= 0.3 is 16.3 Å². The number of carbonyl (C=O) groups excluding carboxylic acids is 1. The molecule has 0 saturated heterocycles. The van der Waals surface area contributed by atoms with Crippen LogP contribution in [0.4, 0.5) is 8.68 Å². The van der Waals surface area contributed by atoms with Crippen LogP contribution < -0.4 is 0 Å². The number of amides is 1. The van der Waals surface area contributed by atoms with Crippen molar-refractivity contribution in [3.8, 4) is 0 Å². The number of hydrogen-bond acceptors (Lipinski definition) is 4. The summed E-state index contributed by atoms with van der Waals surface area (Å²) in [6, 6.07) is -0.00750. The third kappa shape index (κ3) is 3.62. The van der Waals surface area contributed by atoms with E-state index in [-0.39, 0.29) is 6.04 Å². The van der Waals surface area contributed by atoms with E-state index in [1.54, 1.807) is 20.8 Å². The molecule has 0 bridgehead atoms. The van der Waals surface area contributed by atoms with Crippen LogP contribution in [0.25, 0.3) is 0 Å². The van der Waals surface area contributed by atoms with Crippen LogP contribution in [0.3, 0.4) is 0 Å². The van der Waals surface area contributed by atoms with Crippen LogP contribution in [0, 0.1) is 0 Å². The van der Waals surface area contributed by atoms with Crippen LogP contribution >= 0.6 is 0 Å². The van der Waals surface area contributed by atoms with E-state index in [0.29, 0.717) is 12.8 Å². The second kappa shape index (κ2) is 4.86. The molecule has 0 aromatic heterocycles. The van der Waals surface area contributed by atoms with Gasteiger partial charge in [-0.05, 0) is 52.9 Å². The minimum Gasteiger partial charge on any atom is -0.444 e. The average molecular weight is 307 g/mol. The molecule has 0 aliphatic heterocycles. The number of halogens is 1. The Kier molecular flexibility index (Phi) is 3.77. The first-order valence-corrected chi connectivity index (χ1v) is 8.52. The predicted octanol–water partition coefficient (Wildman–Crippen LogP) is 2.61. The molecule has 1 amide bonds. The van der Waals surface area contributed by atoms with Gasteiger partial charge in [-0.3, -0.25) is 4.90 Å². The Morgan fingerprint density at radius 3 is 2.20 bits per heavy atom. The molecule has 0 radical (unpaired) electrons. The Bertz CT molecular complexity index is 489. The monoisotopic (exact) mass is 307 g/mol. The fourth-order valence-corrected chi connectivity index (χ4v) is 3.80. The number of nitrogens with zero attached hydrogens (tertiary/aromatic N) is 1. The van der Waals surface area contributed by atoms with E-state index in [1.807, 2.05) is 0 Å². The van der Waals surface area contributed by atoms with Gasteiger partial charge in [0.05, 0.1) is 5.54 Å². The van der Waals surface area contributed by atoms with Gasteiger partial charge in [0.25, 0.3) is 0 Å². The highest BCUT2D eigenvalue weighted by Gasteiger charge is 2.54. The van der Waals surface area contributed by atoms with Gasteiger partial charge in [0, 0.05) is 6.04 Å². The summed E-state index contributed by atoms with van der Waals surface area (Å²) in [6.45, 7) is 5.28. The first-order chi connectivity index (χ1) is 9.03. The van der Waals surface area contributed by atoms with Crippen LogP contribution in [0.5, 0.6) is 0 Å². The van der Waals surface area contributed by atoms with Crippen molar-refractivity contribution in [2.24, 2.45) is 0 Å². The molecule has 2 aliphatic carbocycles. The van der Waals surface area contributed by atoms with E-state index in [4.69, 9.17) is 4.74 Å². The zero-order chi connectivity index (χ0) is 15.2. The average Bonchev–Trinajstić information content (AvgIpc) is 2.92. The van der Waals surface area contributed by atoms with Crippen molar-refractivity contribution < 1.29 is 21.8 Å². The molecule has 0 unspecified atom stereocenters. The lowest BCUT2D eigenvalue weighted by Gasteiger charge is -2.49. The minimum absolute atomic E-state index is 0.00750. The van der Waals surface area contributed by atoms with E-state index < -0.39 is 33.2 Å². The molecule has 0 N–H and O–H groups in total. The van der Waals surface area contributed by atoms with Gasteiger partial charge in [0.15, 0.2) is 0 Å². The maximum Gasteiger partial charge on any atom is 0.411 e. The van der Waals surface area contributed by atoms with Crippen molar-refractivity contribution in [2.45, 2.75) is 70.1 Å². The summed E-state index contributed by atoms with van der Waals surface area (Å²) in [6.07, 6.45) is 2.98. The highest BCUT2D eigenvalue weighted by Crippen LogP contribution is 2.45. The highest BCUT2D eigenvalue weighted by atomic mass is 32.3. The van der Waals surface area contributed by atoms with Crippen molar-refractivity contribution in [1.82, 2.24) is 4.90 Å². The lowest BCUT2D eigenvalue weighted by Crippen LogP contribution is -2.61. The number of hydrogen-bond donors (Lipinski definition) is 0. The smallest absolute Gasteiger partial charge is 0.411 e. The molecule has 5 nitrogen and oxygen atoms in total. The molecule has 0 heterocycles. The maximum absolute atomic E-state index is 13.1. The number of rotatable bonds is 4. The molecule has 0 aromatic carbocycles. The van der Waals surface area contributed by atoms with Crippen LogP contribution in [0.1, 0.15) is 52.9 Å². The van der Waals surface area contributed by atoms with Crippen molar-refractivity contribution in [2.75, 3.05) is 5.75 Å². The second-order valence-electron chi connectivity index (χ2n) is 6.84. The third-order valence-electron chi connectivity index (χ3n) is 3.74. The predicted molar refractivity (Wildman–Crippen MR) is 72.6 cm³/mol. The van der Waals surface area contributed by atoms with E-state index in [9.17, 15) is 17.1 Å². The molecule has 0 aromatic rings. The van der Waals surface area contributed by atoms with Crippen LogP contribution in [-0.2, 0) is 15.0 Å². The van der Waals surface area contributed by atoms with Gasteiger partial charge in [0.1, 0.15) is 11.4 Å². The van der Waals surface area contributed by atoms with Crippen LogP contribution in [0.2, 0.25) is 0 Å². The molecule has 20 heavy (non-hydrogen) atoms. The summed E-state index contributed by atoms with van der Waals surface area (Å²) in [5.74, 6) is -0.615. The molecule has 2 fully saturated rings. The molecular formula is C13H22FNO4S. The van der Waals surface area contributed by atoms with Crippen molar-refractivity contribution in [3.05, 3.63) is 0 Å². The third-order valence-corrected chi connectivity index (χ3v) is 4.62. The Labute approximate surface area is 119 Å². The maximum atomic E-state index is 13.1. The highest BCUT2D eigenvalue weighted by molar-refractivity contribution is 7.86. The Hall–Kier alpha value is -0.850. The summed E-state index contributed by atoms with van der Waals surface area (Å²) in [7, 11) is -4.62. The number of ether oxygens (including phenoxy) is 1. The topological polar surface area (TPSA) is 63.7 Å². The fraction of sp³-hybridized carbons (Fsp3) is 0.923. The van der Waals surface area contributed by atoms with E-state index >= 15 is 0 Å². The van der Waals surface area contributed by atoms with Crippen molar-refractivity contribution >= 4 is 16.3 Å². The van der Waals surface area contributed by atoms with Gasteiger partial charge in [-0.15, -0.1) is 3.89 Å². The minimum atomic E-state index is -4.62. The Morgan fingerprint density at radius 2 is 1.90 bits per heavy atom. The van der Waals surface area contributed by atoms with Gasteiger partial charge in [-0.2, -0.15) is 8.42 Å². The molecule has 116 valence electrons. The number of carbonyl (C=O) groups is 1. The van der Waals surface area contributed by atoms with E-state index in [1.165, 1.54) is 4.90 Å². The summed E-state index contributed by atoms with van der Waals surface area (Å²) < 4.78 is 40.6. The summed E-state index contributed by atoms with van der Waals surface area (Å²) in [5.41, 5.74) is -1.55. The molecule has 7 heteroatoms. The van der Waals surface area contributed by atoms with Crippen molar-refractivity contribution in [1.29, 1.82) is 0 Å². The molecule has 0 spiro atoms. The molecule has 2 rings (SSSR count). The van der Waals surface area contributed by atoms with Gasteiger partial charge < -0.3 is 4.74 Å². The quantitative estimate of drug-likeness (QED) is 0.749. The fourth-order valence-electron chi connectivity index (χ4n) is 2.73. The molecular weight excluding hydrogens is 285 g/mol. The van der Waals surface area contributed by atoms with Crippen LogP contribution in [0.15, 0.2) is 0 Å². The Morgan fingerprint density at radius 1 is 1.35 bits per heavy atom. The first-order valence-electron chi connectivity index (χ1n) is 6.97. The zero-order valence-electron chi connectivity index (χ0n) is 12.2. The summed E-state index contributed by atoms with van der Waals surface area (Å²) in [5, 5.41) is 0. The molecule has 2 saturated carbocycles. The first kappa shape index (κ1) is 15.5. The SMILES string of the molecule is CC(C)(C)OC(=O)N(C1CC1)C1(CS(=O)(=O)F)CCC1. The largest absolute Gasteiger partial charge is 0.444 e.